The largest absolute Gasteiger partial charge is 0.488 e. The Balaban J connectivity index is 1.76. The minimum absolute atomic E-state index is 0.260. The molecule has 0 saturated carbocycles. The molecule has 1 nitrogen and oxygen atoms in total. The van der Waals surface area contributed by atoms with E-state index in [4.69, 9.17) is 16.3 Å². The Kier molecular flexibility index (Phi) is 3.40. The zero-order chi connectivity index (χ0) is 13.2. The van der Waals surface area contributed by atoms with Gasteiger partial charge >= 0.3 is 0 Å². The zero-order valence-corrected chi connectivity index (χ0v) is 11.5. The maximum Gasteiger partial charge on any atom is 0.123 e. The van der Waals surface area contributed by atoms with Crippen LogP contribution >= 0.6 is 22.9 Å². The number of thiophene rings is 1. The summed E-state index contributed by atoms with van der Waals surface area (Å²) in [5, 5.41) is 1.90. The third kappa shape index (κ3) is 2.88. The van der Waals surface area contributed by atoms with Gasteiger partial charge in [-0.25, -0.2) is 4.39 Å². The van der Waals surface area contributed by atoms with Crippen molar-refractivity contribution in [3.8, 4) is 5.75 Å². The lowest BCUT2D eigenvalue weighted by Gasteiger charge is -2.03. The fraction of sp³-hybridized carbons (Fsp3) is 0.0667. The van der Waals surface area contributed by atoms with Crippen LogP contribution < -0.4 is 4.74 Å². The van der Waals surface area contributed by atoms with E-state index < -0.39 is 0 Å². The van der Waals surface area contributed by atoms with Gasteiger partial charge in [-0.15, -0.1) is 11.3 Å². The van der Waals surface area contributed by atoms with E-state index in [-0.39, 0.29) is 5.82 Å². The molecular formula is C15H10ClFOS. The molecule has 0 aliphatic rings. The van der Waals surface area contributed by atoms with E-state index in [1.165, 1.54) is 12.1 Å². The number of hydrogen-bond donors (Lipinski definition) is 0. The fourth-order valence-electron chi connectivity index (χ4n) is 1.82. The van der Waals surface area contributed by atoms with Gasteiger partial charge in [0.2, 0.25) is 0 Å². The van der Waals surface area contributed by atoms with Crippen LogP contribution in [0.15, 0.2) is 48.5 Å². The van der Waals surface area contributed by atoms with Gasteiger partial charge in [0.15, 0.2) is 0 Å². The average molecular weight is 293 g/mol. The van der Waals surface area contributed by atoms with E-state index in [0.29, 0.717) is 12.4 Å². The molecule has 0 radical (unpaired) electrons. The summed E-state index contributed by atoms with van der Waals surface area (Å²) in [4.78, 5) is 1.11. The first-order chi connectivity index (χ1) is 9.20. The van der Waals surface area contributed by atoms with Crippen LogP contribution in [0.4, 0.5) is 4.39 Å². The second-order valence-electron chi connectivity index (χ2n) is 4.14. The molecule has 3 rings (SSSR count). The highest BCUT2D eigenvalue weighted by Crippen LogP contribution is 2.29. The molecular weight excluding hydrogens is 283 g/mol. The lowest BCUT2D eigenvalue weighted by Crippen LogP contribution is -1.92. The number of halogens is 2. The molecule has 0 saturated heterocycles. The van der Waals surface area contributed by atoms with Gasteiger partial charge in [-0.05, 0) is 47.9 Å². The smallest absolute Gasteiger partial charge is 0.123 e. The van der Waals surface area contributed by atoms with Gasteiger partial charge in [0.25, 0.3) is 0 Å². The summed E-state index contributed by atoms with van der Waals surface area (Å²) in [6.07, 6.45) is 0. The third-order valence-electron chi connectivity index (χ3n) is 2.73. The van der Waals surface area contributed by atoms with Crippen molar-refractivity contribution in [1.29, 1.82) is 0 Å². The topological polar surface area (TPSA) is 9.23 Å². The Morgan fingerprint density at radius 2 is 1.84 bits per heavy atom. The van der Waals surface area contributed by atoms with Crippen LogP contribution in [0.1, 0.15) is 4.88 Å². The molecule has 19 heavy (non-hydrogen) atoms. The van der Waals surface area contributed by atoms with Crippen LogP contribution in [-0.2, 0) is 6.61 Å². The van der Waals surface area contributed by atoms with E-state index in [2.05, 4.69) is 6.07 Å². The maximum absolute atomic E-state index is 12.8. The lowest BCUT2D eigenvalue weighted by atomic mass is 10.2. The quantitative estimate of drug-likeness (QED) is 0.639. The minimum Gasteiger partial charge on any atom is -0.488 e. The molecule has 1 aromatic heterocycles. The molecule has 0 aliphatic carbocycles. The van der Waals surface area contributed by atoms with Crippen LogP contribution in [0.2, 0.25) is 5.02 Å². The van der Waals surface area contributed by atoms with Crippen LogP contribution in [-0.4, -0.2) is 0 Å². The van der Waals surface area contributed by atoms with Crippen LogP contribution in [0.3, 0.4) is 0 Å². The summed E-state index contributed by atoms with van der Waals surface area (Å²) < 4.78 is 19.5. The Hall–Kier alpha value is -1.58. The van der Waals surface area contributed by atoms with E-state index in [1.807, 2.05) is 18.2 Å². The van der Waals surface area contributed by atoms with Crippen LogP contribution in [0.25, 0.3) is 10.1 Å². The molecule has 0 bridgehead atoms. The Bertz CT molecular complexity index is 706. The van der Waals surface area contributed by atoms with Crippen LogP contribution in [0, 0.1) is 5.82 Å². The predicted octanol–water partition coefficient (Wildman–Crippen LogP) is 5.27. The van der Waals surface area contributed by atoms with E-state index in [0.717, 1.165) is 20.0 Å². The first kappa shape index (κ1) is 12.5. The molecule has 0 aliphatic heterocycles. The van der Waals surface area contributed by atoms with Gasteiger partial charge in [0, 0.05) is 14.6 Å². The van der Waals surface area contributed by atoms with Crippen LogP contribution in [0.5, 0.6) is 5.75 Å². The summed E-state index contributed by atoms with van der Waals surface area (Å²) in [6, 6.07) is 13.9. The standard InChI is InChI=1S/C15H10ClFOS/c16-11-2-1-10-7-14(19-15(10)8-11)9-18-13-5-3-12(17)4-6-13/h1-8H,9H2. The van der Waals surface area contributed by atoms with Gasteiger partial charge in [0.05, 0.1) is 0 Å². The fourth-order valence-corrected chi connectivity index (χ4v) is 3.07. The Morgan fingerprint density at radius 1 is 1.05 bits per heavy atom. The van der Waals surface area contributed by atoms with Gasteiger partial charge < -0.3 is 4.74 Å². The van der Waals surface area contributed by atoms with Crippen molar-refractivity contribution < 1.29 is 9.13 Å². The first-order valence-electron chi connectivity index (χ1n) is 5.77. The zero-order valence-electron chi connectivity index (χ0n) is 9.90. The third-order valence-corrected chi connectivity index (χ3v) is 4.03. The minimum atomic E-state index is -0.260. The summed E-state index contributed by atoms with van der Waals surface area (Å²) in [5.41, 5.74) is 0. The van der Waals surface area contributed by atoms with Crippen molar-refractivity contribution in [2.45, 2.75) is 6.61 Å². The molecule has 0 amide bonds. The maximum atomic E-state index is 12.8. The highest BCUT2D eigenvalue weighted by atomic mass is 35.5. The number of fused-ring (bicyclic) bond motifs is 1. The van der Waals surface area contributed by atoms with Gasteiger partial charge in [0.1, 0.15) is 18.2 Å². The van der Waals surface area contributed by atoms with Crippen molar-refractivity contribution in [2.24, 2.45) is 0 Å². The normalized spacial score (nSPS) is 10.8. The first-order valence-corrected chi connectivity index (χ1v) is 6.96. The summed E-state index contributed by atoms with van der Waals surface area (Å²) in [5.74, 6) is 0.403. The molecule has 1 heterocycles. The van der Waals surface area contributed by atoms with Crippen molar-refractivity contribution in [3.63, 3.8) is 0 Å². The Morgan fingerprint density at radius 3 is 2.63 bits per heavy atom. The highest BCUT2D eigenvalue weighted by Gasteiger charge is 2.03. The molecule has 0 N–H and O–H groups in total. The van der Waals surface area contributed by atoms with Crippen molar-refractivity contribution >= 4 is 33.0 Å². The van der Waals surface area contributed by atoms with Gasteiger partial charge in [-0.2, -0.15) is 0 Å². The molecule has 0 fully saturated rings. The molecule has 0 atom stereocenters. The highest BCUT2D eigenvalue weighted by molar-refractivity contribution is 7.19. The summed E-state index contributed by atoms with van der Waals surface area (Å²) >= 11 is 7.61. The van der Waals surface area contributed by atoms with Crippen molar-refractivity contribution in [2.75, 3.05) is 0 Å². The molecule has 3 aromatic rings. The number of ether oxygens (including phenoxy) is 1. The van der Waals surface area contributed by atoms with E-state index >= 15 is 0 Å². The SMILES string of the molecule is Fc1ccc(OCc2cc3ccc(Cl)cc3s2)cc1. The molecule has 2 aromatic carbocycles. The van der Waals surface area contributed by atoms with Gasteiger partial charge in [-0.3, -0.25) is 0 Å². The average Bonchev–Trinajstić information content (AvgIpc) is 2.80. The second kappa shape index (κ2) is 5.19. The van der Waals surface area contributed by atoms with Crippen molar-refractivity contribution in [3.05, 3.63) is 64.2 Å². The van der Waals surface area contributed by atoms with Gasteiger partial charge in [-0.1, -0.05) is 17.7 Å². The molecule has 4 heteroatoms. The number of hydrogen-bond acceptors (Lipinski definition) is 2. The molecule has 0 spiro atoms. The monoisotopic (exact) mass is 292 g/mol. The predicted molar refractivity (Wildman–Crippen MR) is 77.6 cm³/mol. The Labute approximate surface area is 119 Å². The summed E-state index contributed by atoms with van der Waals surface area (Å²) in [6.45, 7) is 0.475. The molecule has 0 unspecified atom stereocenters. The van der Waals surface area contributed by atoms with E-state index in [9.17, 15) is 4.39 Å². The van der Waals surface area contributed by atoms with E-state index in [1.54, 1.807) is 23.5 Å². The van der Waals surface area contributed by atoms with Crippen molar-refractivity contribution in [1.82, 2.24) is 0 Å². The molecule has 96 valence electrons. The number of benzene rings is 2. The number of rotatable bonds is 3. The lowest BCUT2D eigenvalue weighted by molar-refractivity contribution is 0.309. The second-order valence-corrected chi connectivity index (χ2v) is 5.74. The summed E-state index contributed by atoms with van der Waals surface area (Å²) in [7, 11) is 0.